The van der Waals surface area contributed by atoms with Gasteiger partial charge in [-0.3, -0.25) is 4.79 Å². The Labute approximate surface area is 215 Å². The average molecular weight is 518 g/mol. The zero-order valence-corrected chi connectivity index (χ0v) is 21.6. The Morgan fingerprint density at radius 3 is 2.56 bits per heavy atom. The fourth-order valence-electron chi connectivity index (χ4n) is 4.69. The summed E-state index contributed by atoms with van der Waals surface area (Å²) in [5.41, 5.74) is 9.06. The van der Waals surface area contributed by atoms with Crippen LogP contribution < -0.4 is 15.8 Å². The van der Waals surface area contributed by atoms with Crippen molar-refractivity contribution in [3.8, 4) is 5.75 Å². The van der Waals surface area contributed by atoms with Crippen molar-refractivity contribution in [1.29, 1.82) is 0 Å². The minimum absolute atomic E-state index is 0.117. The van der Waals surface area contributed by atoms with E-state index in [0.29, 0.717) is 51.7 Å². The number of rotatable bonds is 7. The fourth-order valence-corrected chi connectivity index (χ4v) is 4.77. The number of benzene rings is 1. The van der Waals surface area contributed by atoms with Crippen LogP contribution in [0.15, 0.2) is 23.9 Å². The van der Waals surface area contributed by atoms with Gasteiger partial charge in [0.1, 0.15) is 11.6 Å². The van der Waals surface area contributed by atoms with Crippen molar-refractivity contribution in [1.82, 2.24) is 20.2 Å². The van der Waals surface area contributed by atoms with Crippen LogP contribution in [0.1, 0.15) is 60.2 Å². The zero-order valence-electron chi connectivity index (χ0n) is 20.9. The summed E-state index contributed by atoms with van der Waals surface area (Å²) in [6, 6.07) is 4.31. The van der Waals surface area contributed by atoms with Gasteiger partial charge in [0.2, 0.25) is 0 Å². The molecule has 36 heavy (non-hydrogen) atoms. The number of aliphatic hydroxyl groups excluding tert-OH is 1. The highest BCUT2D eigenvalue weighted by molar-refractivity contribution is 6.31. The standard InChI is InChI=1S/C26H33ClFN5O3/c1-14(34)11-30-18-5-7-19(8-6-18)36-23-10-17(28)4-9-20(23)26(35)33-12-21(22(29)13-33)25-31-15(2)24(27)16(3)32-25/h4,9-10,14,18-19,30,34H,5-8,11-13,29H2,1-3H3. The predicted octanol–water partition coefficient (Wildman–Crippen LogP) is 3.37. The summed E-state index contributed by atoms with van der Waals surface area (Å²) in [5.74, 6) is -0.0627. The van der Waals surface area contributed by atoms with Gasteiger partial charge in [-0.05, 0) is 58.6 Å². The molecule has 0 bridgehead atoms. The Bertz CT molecular complexity index is 1140. The Hall–Kier alpha value is -2.75. The van der Waals surface area contributed by atoms with E-state index in [4.69, 9.17) is 22.1 Å². The molecule has 1 aliphatic carbocycles. The molecule has 2 aromatic rings. The highest BCUT2D eigenvalue weighted by Crippen LogP contribution is 2.31. The van der Waals surface area contributed by atoms with Gasteiger partial charge in [-0.2, -0.15) is 0 Å². The van der Waals surface area contributed by atoms with Crippen LogP contribution in [0, 0.1) is 19.7 Å². The van der Waals surface area contributed by atoms with Crippen LogP contribution in [-0.2, 0) is 0 Å². The third kappa shape index (κ3) is 5.96. The van der Waals surface area contributed by atoms with Gasteiger partial charge in [-0.1, -0.05) is 11.6 Å². The van der Waals surface area contributed by atoms with E-state index >= 15 is 0 Å². The summed E-state index contributed by atoms with van der Waals surface area (Å²) >= 11 is 6.20. The number of hydrogen-bond acceptors (Lipinski definition) is 7. The number of ether oxygens (including phenoxy) is 1. The maximum absolute atomic E-state index is 14.1. The number of nitrogens with two attached hydrogens (primary N) is 1. The summed E-state index contributed by atoms with van der Waals surface area (Å²) in [7, 11) is 0. The van der Waals surface area contributed by atoms with Gasteiger partial charge in [0.15, 0.2) is 5.82 Å². The van der Waals surface area contributed by atoms with E-state index in [1.54, 1.807) is 25.7 Å². The summed E-state index contributed by atoms with van der Waals surface area (Å²) < 4.78 is 20.3. The molecular formula is C26H33ClFN5O3. The Balaban J connectivity index is 1.45. The number of nitrogens with one attached hydrogen (secondary N) is 1. The molecule has 4 N–H and O–H groups in total. The number of hydrogen-bond donors (Lipinski definition) is 3. The number of nitrogens with zero attached hydrogens (tertiary/aromatic N) is 3. The maximum Gasteiger partial charge on any atom is 0.258 e. The molecule has 10 heteroatoms. The second-order valence-electron chi connectivity index (χ2n) is 9.69. The van der Waals surface area contributed by atoms with Crippen LogP contribution in [0.3, 0.4) is 0 Å². The lowest BCUT2D eigenvalue weighted by Gasteiger charge is -2.30. The van der Waals surface area contributed by atoms with Crippen LogP contribution in [0.4, 0.5) is 4.39 Å². The first kappa shape index (κ1) is 26.3. The number of amides is 1. The van der Waals surface area contributed by atoms with Crippen molar-refractivity contribution in [3.63, 3.8) is 0 Å². The Kier molecular flexibility index (Phi) is 8.12. The lowest BCUT2D eigenvalue weighted by atomic mass is 9.92. The van der Waals surface area contributed by atoms with Crippen molar-refractivity contribution in [3.05, 3.63) is 57.5 Å². The Morgan fingerprint density at radius 1 is 1.25 bits per heavy atom. The van der Waals surface area contributed by atoms with Gasteiger partial charge in [0.25, 0.3) is 5.91 Å². The number of aryl methyl sites for hydroxylation is 2. The number of carbonyl (C=O) groups is 1. The SMILES string of the molecule is Cc1nc(C2=C(N)CN(C(=O)c3ccc(F)cc3OC3CCC(NCC(C)O)CC3)C2)nc(C)c1Cl. The molecule has 1 aromatic carbocycles. The second-order valence-corrected chi connectivity index (χ2v) is 10.1. The van der Waals surface area contributed by atoms with E-state index in [-0.39, 0.29) is 30.9 Å². The first-order valence-corrected chi connectivity index (χ1v) is 12.7. The van der Waals surface area contributed by atoms with Gasteiger partial charge >= 0.3 is 0 Å². The molecule has 4 rings (SSSR count). The van der Waals surface area contributed by atoms with Gasteiger partial charge in [0.05, 0.1) is 47.3 Å². The molecule has 8 nitrogen and oxygen atoms in total. The van der Waals surface area contributed by atoms with Crippen LogP contribution in [-0.4, -0.2) is 63.8 Å². The largest absolute Gasteiger partial charge is 0.489 e. The lowest BCUT2D eigenvalue weighted by Crippen LogP contribution is -2.39. The highest BCUT2D eigenvalue weighted by atomic mass is 35.5. The topological polar surface area (TPSA) is 114 Å². The zero-order chi connectivity index (χ0) is 26.0. The summed E-state index contributed by atoms with van der Waals surface area (Å²) in [4.78, 5) is 24.0. The van der Waals surface area contributed by atoms with Crippen molar-refractivity contribution in [2.75, 3.05) is 19.6 Å². The normalized spacial score (nSPS) is 21.1. The molecule has 194 valence electrons. The van der Waals surface area contributed by atoms with E-state index in [0.717, 1.165) is 25.7 Å². The molecule has 0 spiro atoms. The monoisotopic (exact) mass is 517 g/mol. The van der Waals surface area contributed by atoms with E-state index in [9.17, 15) is 14.3 Å². The molecule has 0 saturated heterocycles. The van der Waals surface area contributed by atoms with Crippen molar-refractivity contribution in [2.45, 2.75) is 64.7 Å². The quantitative estimate of drug-likeness (QED) is 0.516. The van der Waals surface area contributed by atoms with Gasteiger partial charge in [-0.25, -0.2) is 14.4 Å². The maximum atomic E-state index is 14.1. The van der Waals surface area contributed by atoms with Crippen molar-refractivity contribution >= 4 is 23.1 Å². The highest BCUT2D eigenvalue weighted by Gasteiger charge is 2.31. The number of aromatic nitrogens is 2. The van der Waals surface area contributed by atoms with Crippen LogP contribution >= 0.6 is 11.6 Å². The lowest BCUT2D eigenvalue weighted by molar-refractivity contribution is 0.0785. The summed E-state index contributed by atoms with van der Waals surface area (Å²) in [5, 5.41) is 13.3. The van der Waals surface area contributed by atoms with Crippen LogP contribution in [0.25, 0.3) is 5.57 Å². The number of halogens is 2. The van der Waals surface area contributed by atoms with Crippen molar-refractivity contribution in [2.24, 2.45) is 5.73 Å². The van der Waals surface area contributed by atoms with E-state index < -0.39 is 11.9 Å². The first-order chi connectivity index (χ1) is 17.1. The fraction of sp³-hybridized carbons (Fsp3) is 0.500. The molecule has 1 fully saturated rings. The molecule has 0 radical (unpaired) electrons. The molecule has 2 heterocycles. The molecule has 1 saturated carbocycles. The molecule has 2 aliphatic rings. The molecule has 1 aliphatic heterocycles. The van der Waals surface area contributed by atoms with Gasteiger partial charge in [-0.15, -0.1) is 0 Å². The minimum Gasteiger partial charge on any atom is -0.489 e. The molecule has 1 aromatic heterocycles. The Morgan fingerprint density at radius 2 is 1.92 bits per heavy atom. The smallest absolute Gasteiger partial charge is 0.258 e. The third-order valence-corrected chi connectivity index (χ3v) is 7.23. The van der Waals surface area contributed by atoms with E-state index in [2.05, 4.69) is 15.3 Å². The average Bonchev–Trinajstić information content (AvgIpc) is 3.23. The van der Waals surface area contributed by atoms with Crippen molar-refractivity contribution < 1.29 is 19.0 Å². The van der Waals surface area contributed by atoms with Crippen LogP contribution in [0.2, 0.25) is 5.02 Å². The molecule has 1 atom stereocenters. The van der Waals surface area contributed by atoms with Gasteiger partial charge < -0.3 is 25.8 Å². The molecule has 1 unspecified atom stereocenters. The van der Waals surface area contributed by atoms with Crippen LogP contribution in [0.5, 0.6) is 5.75 Å². The molecule has 1 amide bonds. The predicted molar refractivity (Wildman–Crippen MR) is 136 cm³/mol. The molecular weight excluding hydrogens is 485 g/mol. The van der Waals surface area contributed by atoms with Gasteiger partial charge in [0, 0.05) is 29.9 Å². The second kappa shape index (κ2) is 11.1. The van der Waals surface area contributed by atoms with E-state index in [1.165, 1.54) is 18.2 Å². The number of carbonyl (C=O) groups excluding carboxylic acids is 1. The first-order valence-electron chi connectivity index (χ1n) is 12.3. The summed E-state index contributed by atoms with van der Waals surface area (Å²) in [6.45, 7) is 6.36. The summed E-state index contributed by atoms with van der Waals surface area (Å²) in [6.07, 6.45) is 2.80. The third-order valence-electron chi connectivity index (χ3n) is 6.68. The number of aliphatic hydroxyl groups is 1. The minimum atomic E-state index is -0.464. The van der Waals surface area contributed by atoms with E-state index in [1.807, 2.05) is 0 Å².